The van der Waals surface area contributed by atoms with Crippen LogP contribution in [0.4, 0.5) is 34.1 Å². The van der Waals surface area contributed by atoms with Crippen molar-refractivity contribution in [1.82, 2.24) is 20.6 Å². The minimum absolute atomic E-state index is 0.0720. The van der Waals surface area contributed by atoms with Crippen LogP contribution in [-0.2, 0) is 0 Å². The van der Waals surface area contributed by atoms with Gasteiger partial charge >= 0.3 is 11.4 Å². The second-order valence-corrected chi connectivity index (χ2v) is 9.01. The van der Waals surface area contributed by atoms with Crippen LogP contribution >= 0.6 is 0 Å². The molecule has 0 atom stereocenters. The quantitative estimate of drug-likeness (QED) is 0.169. The van der Waals surface area contributed by atoms with E-state index in [4.69, 9.17) is 9.26 Å². The summed E-state index contributed by atoms with van der Waals surface area (Å²) in [5, 5.41) is 44.0. The summed E-state index contributed by atoms with van der Waals surface area (Å²) >= 11 is 0. The molecule has 0 unspecified atom stereocenters. The van der Waals surface area contributed by atoms with Gasteiger partial charge in [-0.3, -0.25) is 20.2 Å². The minimum atomic E-state index is -0.531. The van der Waals surface area contributed by atoms with Crippen molar-refractivity contribution >= 4 is 56.2 Å². The summed E-state index contributed by atoms with van der Waals surface area (Å²) in [6, 6.07) is 17.7. The van der Waals surface area contributed by atoms with E-state index < -0.39 is 9.85 Å². The lowest BCUT2D eigenvalue weighted by Crippen LogP contribution is -1.97. The number of hydrogen-bond donors (Lipinski definition) is 2. The molecule has 4 aromatic carbocycles. The van der Waals surface area contributed by atoms with Crippen molar-refractivity contribution in [2.45, 2.75) is 13.8 Å². The number of anilines is 4. The second kappa shape index (κ2) is 9.43. The van der Waals surface area contributed by atoms with E-state index in [0.29, 0.717) is 11.4 Å². The van der Waals surface area contributed by atoms with Gasteiger partial charge in [-0.2, -0.15) is 0 Å². The van der Waals surface area contributed by atoms with Crippen LogP contribution in [0.15, 0.2) is 69.9 Å². The number of non-ortho nitro benzene ring substituents is 2. The molecular weight excluding hydrogens is 520 g/mol. The molecule has 6 aromatic rings. The Morgan fingerprint density at radius 2 is 0.950 bits per heavy atom. The van der Waals surface area contributed by atoms with Gasteiger partial charge in [0.1, 0.15) is 0 Å². The first-order chi connectivity index (χ1) is 19.3. The van der Waals surface area contributed by atoms with Crippen molar-refractivity contribution in [3.63, 3.8) is 0 Å². The first-order valence-electron chi connectivity index (χ1n) is 11.8. The molecule has 0 fully saturated rings. The highest BCUT2D eigenvalue weighted by Crippen LogP contribution is 2.35. The highest BCUT2D eigenvalue weighted by Gasteiger charge is 2.21. The van der Waals surface area contributed by atoms with Gasteiger partial charge in [0.2, 0.25) is 11.0 Å². The zero-order chi connectivity index (χ0) is 28.0. The fourth-order valence-electron chi connectivity index (χ4n) is 4.46. The second-order valence-electron chi connectivity index (χ2n) is 9.01. The van der Waals surface area contributed by atoms with Gasteiger partial charge in [-0.25, -0.2) is 9.26 Å². The average Bonchev–Trinajstić information content (AvgIpc) is 3.62. The van der Waals surface area contributed by atoms with E-state index in [1.165, 1.54) is 12.1 Å². The maximum Gasteiger partial charge on any atom is 0.300 e. The smallest absolute Gasteiger partial charge is 0.300 e. The molecule has 14 heteroatoms. The predicted octanol–water partition coefficient (Wildman–Crippen LogP) is 6.35. The summed E-state index contributed by atoms with van der Waals surface area (Å²) in [6.45, 7) is 3.90. The maximum atomic E-state index is 11.3. The summed E-state index contributed by atoms with van der Waals surface area (Å²) in [6.07, 6.45) is 0. The first kappa shape index (κ1) is 24.4. The van der Waals surface area contributed by atoms with E-state index in [1.54, 1.807) is 12.1 Å². The lowest BCUT2D eigenvalue weighted by molar-refractivity contribution is -0.383. The number of nitro benzene ring substituents is 2. The minimum Gasteiger partial charge on any atom is -0.353 e. The van der Waals surface area contributed by atoms with E-state index >= 15 is 0 Å². The van der Waals surface area contributed by atoms with Crippen LogP contribution in [-0.4, -0.2) is 30.5 Å². The van der Waals surface area contributed by atoms with Crippen LogP contribution < -0.4 is 10.6 Å². The van der Waals surface area contributed by atoms with Crippen molar-refractivity contribution in [3.05, 3.63) is 92.0 Å². The van der Waals surface area contributed by atoms with Crippen molar-refractivity contribution in [2.24, 2.45) is 0 Å². The molecule has 0 aliphatic rings. The van der Waals surface area contributed by atoms with Gasteiger partial charge in [-0.1, -0.05) is 12.1 Å². The summed E-state index contributed by atoms with van der Waals surface area (Å²) in [7, 11) is 0. The molecule has 0 aliphatic heterocycles. The molecule has 0 aliphatic carbocycles. The van der Waals surface area contributed by atoms with Crippen LogP contribution in [0.3, 0.4) is 0 Å². The van der Waals surface area contributed by atoms with Crippen LogP contribution in [0, 0.1) is 34.1 Å². The summed E-state index contributed by atoms with van der Waals surface area (Å²) < 4.78 is 9.49. The number of nitrogens with zero attached hydrogens (tertiary/aromatic N) is 6. The highest BCUT2D eigenvalue weighted by molar-refractivity contribution is 5.96. The zero-order valence-corrected chi connectivity index (χ0v) is 20.9. The van der Waals surface area contributed by atoms with Crippen molar-refractivity contribution in [3.8, 4) is 11.1 Å². The molecule has 0 radical (unpaired) electrons. The Kier molecular flexibility index (Phi) is 5.76. The SMILES string of the molecule is Cc1cc(-c2ccc(Nc3ccc([N+](=O)[O-])c4nonc34)c(C)c2)ccc1Nc1ccc([N+](=O)[O-])c2nonc12. The van der Waals surface area contributed by atoms with Crippen LogP contribution in [0.25, 0.3) is 33.2 Å². The third-order valence-corrected chi connectivity index (χ3v) is 6.51. The molecule has 2 N–H and O–H groups in total. The fourth-order valence-corrected chi connectivity index (χ4v) is 4.46. The number of benzene rings is 4. The molecular formula is C26H18N8O6. The van der Waals surface area contributed by atoms with Crippen LogP contribution in [0.2, 0.25) is 0 Å². The molecule has 0 saturated carbocycles. The Labute approximate surface area is 223 Å². The molecule has 0 spiro atoms. The predicted molar refractivity (Wildman–Crippen MR) is 145 cm³/mol. The van der Waals surface area contributed by atoms with Crippen molar-refractivity contribution in [2.75, 3.05) is 10.6 Å². The molecule has 0 bridgehead atoms. The number of aromatic nitrogens is 4. The Bertz CT molecular complexity index is 1820. The monoisotopic (exact) mass is 538 g/mol. The molecule has 2 aromatic heterocycles. The zero-order valence-electron chi connectivity index (χ0n) is 20.9. The van der Waals surface area contributed by atoms with Gasteiger partial charge in [0.05, 0.1) is 21.2 Å². The summed E-state index contributed by atoms with van der Waals surface area (Å²) in [5.74, 6) is 0. The Hall–Kier alpha value is -5.92. The van der Waals surface area contributed by atoms with E-state index in [9.17, 15) is 20.2 Å². The third kappa shape index (κ3) is 4.18. The number of hydrogen-bond acceptors (Lipinski definition) is 12. The summed E-state index contributed by atoms with van der Waals surface area (Å²) in [5.41, 5.74) is 6.80. The van der Waals surface area contributed by atoms with Gasteiger partial charge in [0.25, 0.3) is 0 Å². The topological polar surface area (TPSA) is 188 Å². The van der Waals surface area contributed by atoms with Crippen LogP contribution in [0.1, 0.15) is 11.1 Å². The van der Waals surface area contributed by atoms with Gasteiger partial charge in [0.15, 0.2) is 11.0 Å². The Morgan fingerprint density at radius 3 is 1.32 bits per heavy atom. The van der Waals surface area contributed by atoms with Crippen molar-refractivity contribution in [1.29, 1.82) is 0 Å². The number of fused-ring (bicyclic) bond motifs is 2. The number of nitro groups is 2. The van der Waals surface area contributed by atoms with Gasteiger partial charge < -0.3 is 10.6 Å². The van der Waals surface area contributed by atoms with Crippen LogP contribution in [0.5, 0.6) is 0 Å². The number of rotatable bonds is 7. The maximum absolute atomic E-state index is 11.3. The van der Waals surface area contributed by atoms with Gasteiger partial charge in [0, 0.05) is 23.5 Å². The first-order valence-corrected chi connectivity index (χ1v) is 11.8. The fraction of sp³-hybridized carbons (Fsp3) is 0.0769. The van der Waals surface area contributed by atoms with E-state index in [0.717, 1.165) is 33.6 Å². The third-order valence-electron chi connectivity index (χ3n) is 6.51. The van der Waals surface area contributed by atoms with E-state index in [1.807, 2.05) is 50.2 Å². The Morgan fingerprint density at radius 1 is 0.575 bits per heavy atom. The molecule has 6 rings (SSSR count). The molecule has 14 nitrogen and oxygen atoms in total. The molecule has 0 saturated heterocycles. The largest absolute Gasteiger partial charge is 0.353 e. The summed E-state index contributed by atoms with van der Waals surface area (Å²) in [4.78, 5) is 21.5. The molecule has 0 amide bonds. The van der Waals surface area contributed by atoms with Crippen molar-refractivity contribution < 1.29 is 19.1 Å². The number of aryl methyl sites for hydroxylation is 2. The lowest BCUT2D eigenvalue weighted by Gasteiger charge is -2.14. The normalized spacial score (nSPS) is 11.2. The lowest BCUT2D eigenvalue weighted by atomic mass is 9.99. The Balaban J connectivity index is 1.25. The van der Waals surface area contributed by atoms with Gasteiger partial charge in [-0.05, 0) is 93.1 Å². The highest BCUT2D eigenvalue weighted by atomic mass is 16.6. The number of nitrogens with one attached hydrogen (secondary N) is 2. The average molecular weight is 538 g/mol. The van der Waals surface area contributed by atoms with Gasteiger partial charge in [-0.15, -0.1) is 0 Å². The molecule has 198 valence electrons. The standard InChI is InChI=1S/C26H18N8O6/c1-13-11-15(3-5-17(13)27-19-7-9-21(33(35)36)25-23(19)29-39-31-25)16-4-6-18(14(2)12-16)28-20-8-10-22(34(37)38)26-24(20)30-40-32-26/h3-12,27-28H,1-2H3. The molecule has 2 heterocycles. The molecule has 40 heavy (non-hydrogen) atoms. The van der Waals surface area contributed by atoms with E-state index in [-0.39, 0.29) is 33.4 Å². The van der Waals surface area contributed by atoms with E-state index in [2.05, 4.69) is 31.3 Å².